The van der Waals surface area contributed by atoms with Crippen molar-refractivity contribution in [3.63, 3.8) is 0 Å². The highest BCUT2D eigenvalue weighted by molar-refractivity contribution is 7.90. The predicted molar refractivity (Wildman–Crippen MR) is 113 cm³/mol. The van der Waals surface area contributed by atoms with Crippen LogP contribution in [0.4, 0.5) is 27.6 Å². The van der Waals surface area contributed by atoms with Gasteiger partial charge in [0.05, 0.1) is 16.8 Å². The summed E-state index contributed by atoms with van der Waals surface area (Å²) in [5.41, 5.74) is -5.10. The fourth-order valence-corrected chi connectivity index (χ4v) is 3.87. The molecule has 4 rings (SSSR count). The molecule has 1 amide bonds. The number of rotatable bonds is 6. The summed E-state index contributed by atoms with van der Waals surface area (Å²) in [4.78, 5) is 19.9. The van der Waals surface area contributed by atoms with Gasteiger partial charge in [0.15, 0.2) is 21.2 Å². The van der Waals surface area contributed by atoms with Gasteiger partial charge in [-0.25, -0.2) is 22.8 Å². The van der Waals surface area contributed by atoms with Crippen molar-refractivity contribution in [1.82, 2.24) is 20.2 Å². The minimum absolute atomic E-state index is 0.0633. The number of hydrogen-bond acceptors (Lipinski definition) is 8. The molecule has 0 saturated heterocycles. The van der Waals surface area contributed by atoms with Crippen LogP contribution in [0.1, 0.15) is 40.2 Å². The van der Waals surface area contributed by atoms with Crippen LogP contribution in [-0.4, -0.2) is 40.7 Å². The summed E-state index contributed by atoms with van der Waals surface area (Å²) >= 11 is 0. The van der Waals surface area contributed by atoms with Crippen LogP contribution in [0.25, 0.3) is 0 Å². The molecule has 1 saturated carbocycles. The number of hydrogen-bond donors (Lipinski definition) is 1. The third-order valence-electron chi connectivity index (χ3n) is 5.24. The van der Waals surface area contributed by atoms with E-state index in [1.807, 2.05) is 0 Å². The Balaban J connectivity index is 1.73. The standard InChI is InChI=1S/C21H16F5N5O4S/c1-10-14(17(32)28-11-4-3-5-12(8-11)36(2,33)34)18(31-30-15(10)21(24,25)26)35-19-16(22)29-13(9-27-19)20(23)6-7-20/h3-5,8-9H,6-7H2,1-2H3,(H,28,32). The zero-order valence-electron chi connectivity index (χ0n) is 18.5. The second kappa shape index (κ2) is 8.72. The minimum Gasteiger partial charge on any atom is -0.414 e. The molecular weight excluding hydrogens is 513 g/mol. The normalized spacial score (nSPS) is 14.9. The van der Waals surface area contributed by atoms with Gasteiger partial charge >= 0.3 is 6.18 Å². The maximum absolute atomic E-state index is 14.4. The molecule has 2 heterocycles. The van der Waals surface area contributed by atoms with Gasteiger partial charge in [-0.2, -0.15) is 17.6 Å². The first-order valence-corrected chi connectivity index (χ1v) is 12.0. The molecule has 0 bridgehead atoms. The smallest absolute Gasteiger partial charge is 0.414 e. The molecule has 1 aliphatic rings. The van der Waals surface area contributed by atoms with Crippen molar-refractivity contribution in [3.05, 3.63) is 58.9 Å². The summed E-state index contributed by atoms with van der Waals surface area (Å²) in [6.45, 7) is 0.928. The maximum atomic E-state index is 14.4. The lowest BCUT2D eigenvalue weighted by molar-refractivity contribution is -0.142. The molecule has 190 valence electrons. The Morgan fingerprint density at radius 2 is 1.86 bits per heavy atom. The number of alkyl halides is 4. The van der Waals surface area contributed by atoms with E-state index in [0.29, 0.717) is 0 Å². The quantitative estimate of drug-likeness (QED) is 0.473. The number of carbonyl (C=O) groups excluding carboxylic acids is 1. The molecule has 1 aromatic carbocycles. The zero-order chi connectivity index (χ0) is 26.5. The Morgan fingerprint density at radius 3 is 2.44 bits per heavy atom. The molecule has 1 N–H and O–H groups in total. The van der Waals surface area contributed by atoms with Crippen molar-refractivity contribution < 1.29 is 39.9 Å². The lowest BCUT2D eigenvalue weighted by Crippen LogP contribution is -2.21. The Bertz CT molecular complexity index is 1480. The van der Waals surface area contributed by atoms with Gasteiger partial charge in [0, 0.05) is 11.9 Å². The number of sulfone groups is 1. The average Bonchev–Trinajstić information content (AvgIpc) is 3.52. The van der Waals surface area contributed by atoms with E-state index in [9.17, 15) is 35.2 Å². The second-order valence-corrected chi connectivity index (χ2v) is 10.0. The van der Waals surface area contributed by atoms with Crippen LogP contribution in [0.5, 0.6) is 11.8 Å². The maximum Gasteiger partial charge on any atom is 0.435 e. The zero-order valence-corrected chi connectivity index (χ0v) is 19.3. The molecular formula is C21H16F5N5O4S. The van der Waals surface area contributed by atoms with Gasteiger partial charge < -0.3 is 10.1 Å². The third-order valence-corrected chi connectivity index (χ3v) is 6.35. The monoisotopic (exact) mass is 529 g/mol. The van der Waals surface area contributed by atoms with Crippen molar-refractivity contribution >= 4 is 21.4 Å². The molecule has 0 spiro atoms. The van der Waals surface area contributed by atoms with Crippen molar-refractivity contribution in [2.75, 3.05) is 11.6 Å². The van der Waals surface area contributed by atoms with Crippen LogP contribution < -0.4 is 10.1 Å². The summed E-state index contributed by atoms with van der Waals surface area (Å²) < 4.78 is 97.6. The molecule has 0 aliphatic heterocycles. The van der Waals surface area contributed by atoms with Gasteiger partial charge in [0.25, 0.3) is 23.6 Å². The minimum atomic E-state index is -4.99. The number of ether oxygens (including phenoxy) is 1. The number of halogens is 5. The molecule has 1 aliphatic carbocycles. The summed E-state index contributed by atoms with van der Waals surface area (Å²) in [5, 5.41) is 8.61. The topological polar surface area (TPSA) is 124 Å². The van der Waals surface area contributed by atoms with Gasteiger partial charge in [0.1, 0.15) is 5.56 Å². The number of nitrogens with one attached hydrogen (secondary N) is 1. The summed E-state index contributed by atoms with van der Waals surface area (Å²) in [6.07, 6.45) is -2.88. The number of nitrogens with zero attached hydrogens (tertiary/aromatic N) is 4. The van der Waals surface area contributed by atoms with Crippen LogP contribution >= 0.6 is 0 Å². The molecule has 2 aromatic heterocycles. The Kier molecular flexibility index (Phi) is 6.14. The molecule has 0 unspecified atom stereocenters. The van der Waals surface area contributed by atoms with E-state index in [0.717, 1.165) is 25.4 Å². The molecule has 3 aromatic rings. The van der Waals surface area contributed by atoms with Crippen molar-refractivity contribution in [2.45, 2.75) is 36.5 Å². The highest BCUT2D eigenvalue weighted by Crippen LogP contribution is 2.48. The van der Waals surface area contributed by atoms with E-state index in [1.165, 1.54) is 18.2 Å². The van der Waals surface area contributed by atoms with E-state index in [4.69, 9.17) is 4.74 Å². The van der Waals surface area contributed by atoms with Crippen LogP contribution in [-0.2, 0) is 21.7 Å². The third kappa shape index (κ3) is 5.10. The fourth-order valence-electron chi connectivity index (χ4n) is 3.20. The average molecular weight is 529 g/mol. The summed E-state index contributed by atoms with van der Waals surface area (Å²) in [5.74, 6) is -4.26. The van der Waals surface area contributed by atoms with Crippen molar-refractivity contribution in [1.29, 1.82) is 0 Å². The molecule has 0 atom stereocenters. The number of anilines is 1. The van der Waals surface area contributed by atoms with Crippen molar-refractivity contribution in [2.24, 2.45) is 0 Å². The largest absolute Gasteiger partial charge is 0.435 e. The summed E-state index contributed by atoms with van der Waals surface area (Å²) in [7, 11) is -3.65. The first-order valence-electron chi connectivity index (χ1n) is 10.1. The van der Waals surface area contributed by atoms with Gasteiger partial charge in [0.2, 0.25) is 0 Å². The highest BCUT2D eigenvalue weighted by atomic mass is 32.2. The van der Waals surface area contributed by atoms with Gasteiger partial charge in [-0.05, 0) is 43.5 Å². The van der Waals surface area contributed by atoms with Crippen LogP contribution in [0.2, 0.25) is 0 Å². The fraction of sp³-hybridized carbons (Fsp3) is 0.286. The predicted octanol–water partition coefficient (Wildman–Crippen LogP) is 4.14. The Labute approximate surface area is 200 Å². The highest BCUT2D eigenvalue weighted by Gasteiger charge is 2.47. The van der Waals surface area contributed by atoms with Gasteiger partial charge in [-0.15, -0.1) is 10.2 Å². The van der Waals surface area contributed by atoms with Crippen LogP contribution in [0.15, 0.2) is 35.4 Å². The first kappa shape index (κ1) is 25.3. The van der Waals surface area contributed by atoms with Gasteiger partial charge in [-0.3, -0.25) is 4.79 Å². The number of carbonyl (C=O) groups is 1. The summed E-state index contributed by atoms with van der Waals surface area (Å²) in [6, 6.07) is 4.97. The lowest BCUT2D eigenvalue weighted by atomic mass is 10.1. The van der Waals surface area contributed by atoms with Gasteiger partial charge in [-0.1, -0.05) is 6.07 Å². The van der Waals surface area contributed by atoms with Crippen molar-refractivity contribution in [3.8, 4) is 11.8 Å². The first-order chi connectivity index (χ1) is 16.7. The van der Waals surface area contributed by atoms with Crippen LogP contribution in [0, 0.1) is 12.9 Å². The molecule has 9 nitrogen and oxygen atoms in total. The SMILES string of the molecule is Cc1c(C(F)(F)F)nnc(Oc2ncc(C3(F)CC3)nc2F)c1C(=O)Nc1cccc(S(C)(=O)=O)c1. The number of benzene rings is 1. The Hall–Kier alpha value is -3.75. The number of aromatic nitrogens is 4. The molecule has 36 heavy (non-hydrogen) atoms. The second-order valence-electron chi connectivity index (χ2n) is 8.02. The van der Waals surface area contributed by atoms with E-state index >= 15 is 0 Å². The van der Waals surface area contributed by atoms with E-state index in [1.54, 1.807) is 0 Å². The van der Waals surface area contributed by atoms with E-state index in [2.05, 4.69) is 25.5 Å². The molecule has 15 heteroatoms. The molecule has 0 radical (unpaired) electrons. The number of amides is 1. The molecule has 1 fully saturated rings. The van der Waals surface area contributed by atoms with E-state index in [-0.39, 0.29) is 29.1 Å². The van der Waals surface area contributed by atoms with E-state index < -0.39 is 62.1 Å². The lowest BCUT2D eigenvalue weighted by Gasteiger charge is -2.16. The van der Waals surface area contributed by atoms with Crippen LogP contribution in [0.3, 0.4) is 0 Å². The Morgan fingerprint density at radius 1 is 1.17 bits per heavy atom.